The van der Waals surface area contributed by atoms with Crippen molar-refractivity contribution < 1.29 is 13.2 Å². The number of hydrogen-bond acceptors (Lipinski definition) is 7. The Labute approximate surface area is 221 Å². The molecule has 4 aromatic heterocycles. The van der Waals surface area contributed by atoms with Crippen LogP contribution >= 0.6 is 0 Å². The van der Waals surface area contributed by atoms with E-state index in [2.05, 4.69) is 25.0 Å². The zero-order chi connectivity index (χ0) is 27.1. The number of nitrogens with zero attached hydrogens (tertiary/aromatic N) is 7. The molecule has 1 fully saturated rings. The summed E-state index contributed by atoms with van der Waals surface area (Å²) in [6.45, 7) is -1.20. The van der Waals surface area contributed by atoms with Gasteiger partial charge in [-0.2, -0.15) is 13.9 Å². The average Bonchev–Trinajstić information content (AvgIpc) is 3.59. The molecule has 0 bridgehead atoms. The Kier molecular flexibility index (Phi) is 6.18. The minimum absolute atomic E-state index is 0.325. The molecule has 0 unspecified atom stereocenters. The van der Waals surface area contributed by atoms with E-state index in [-0.39, 0.29) is 5.82 Å². The molecule has 39 heavy (non-hydrogen) atoms. The molecular formula is C27H26F3N9. The standard InChI is InChI=1S/C27H26F3N9/c28-19-4-2-17(3-5-19)20-12-18(14-38-16-35-24-21(38)6-9-33-25(24)31)22(13-34-20)37-10-1-8-27(32,15-37)23-7-11-39(36-23)26(29)30/h2-7,9,11-13,16,26H,1,8,10,14-15,32H2,(H2,31,33)/t27-/m1/s1. The first-order valence-corrected chi connectivity index (χ1v) is 12.5. The van der Waals surface area contributed by atoms with Gasteiger partial charge in [0.15, 0.2) is 5.82 Å². The second-order valence-electron chi connectivity index (χ2n) is 9.78. The van der Waals surface area contributed by atoms with Crippen molar-refractivity contribution in [2.24, 2.45) is 5.73 Å². The van der Waals surface area contributed by atoms with Crippen LogP contribution in [0.2, 0.25) is 0 Å². The number of benzene rings is 1. The van der Waals surface area contributed by atoms with Crippen LogP contribution in [-0.4, -0.2) is 42.4 Å². The first kappa shape index (κ1) is 24.9. The van der Waals surface area contributed by atoms with Gasteiger partial charge in [0.05, 0.1) is 47.2 Å². The number of nitrogen functional groups attached to an aromatic ring is 1. The zero-order valence-corrected chi connectivity index (χ0v) is 20.9. The Bertz CT molecular complexity index is 1630. The number of imidazole rings is 1. The van der Waals surface area contributed by atoms with Crippen molar-refractivity contribution in [3.05, 3.63) is 84.5 Å². The highest BCUT2D eigenvalue weighted by atomic mass is 19.3. The van der Waals surface area contributed by atoms with Gasteiger partial charge in [-0.15, -0.1) is 0 Å². The highest BCUT2D eigenvalue weighted by molar-refractivity contribution is 5.84. The van der Waals surface area contributed by atoms with Gasteiger partial charge in [-0.1, -0.05) is 0 Å². The van der Waals surface area contributed by atoms with E-state index in [9.17, 15) is 13.2 Å². The fourth-order valence-electron chi connectivity index (χ4n) is 5.21. The molecule has 12 heteroatoms. The normalized spacial score (nSPS) is 17.8. The first-order chi connectivity index (χ1) is 18.8. The maximum atomic E-state index is 13.6. The van der Waals surface area contributed by atoms with Gasteiger partial charge < -0.3 is 20.9 Å². The number of nitrogens with two attached hydrogens (primary N) is 2. The van der Waals surface area contributed by atoms with Crippen molar-refractivity contribution in [1.29, 1.82) is 0 Å². The van der Waals surface area contributed by atoms with Crippen LogP contribution in [0.5, 0.6) is 0 Å². The Hall–Kier alpha value is -4.45. The SMILES string of the molecule is Nc1nccc2c1ncn2Cc1cc(-c2ccc(F)cc2)ncc1N1CCC[C@](N)(c2ccn(C(F)F)n2)C1. The number of fused-ring (bicyclic) bond motifs is 1. The number of aromatic nitrogens is 6. The third-order valence-corrected chi connectivity index (χ3v) is 7.20. The van der Waals surface area contributed by atoms with E-state index in [0.29, 0.717) is 53.5 Å². The average molecular weight is 534 g/mol. The summed E-state index contributed by atoms with van der Waals surface area (Å²) in [6, 6.07) is 11.5. The van der Waals surface area contributed by atoms with Crippen LogP contribution in [0.25, 0.3) is 22.3 Å². The Morgan fingerprint density at radius 1 is 1.05 bits per heavy atom. The van der Waals surface area contributed by atoms with E-state index in [1.807, 2.05) is 16.7 Å². The lowest BCUT2D eigenvalue weighted by atomic mass is 9.86. The summed E-state index contributed by atoms with van der Waals surface area (Å²) >= 11 is 0. The van der Waals surface area contributed by atoms with Crippen LogP contribution in [-0.2, 0) is 12.1 Å². The Morgan fingerprint density at radius 2 is 1.87 bits per heavy atom. The van der Waals surface area contributed by atoms with Crippen LogP contribution < -0.4 is 16.4 Å². The second kappa shape index (κ2) is 9.70. The van der Waals surface area contributed by atoms with Crippen molar-refractivity contribution in [3.63, 3.8) is 0 Å². The van der Waals surface area contributed by atoms with Crippen molar-refractivity contribution in [2.75, 3.05) is 23.7 Å². The minimum Gasteiger partial charge on any atom is -0.382 e. The van der Waals surface area contributed by atoms with Gasteiger partial charge in [-0.25, -0.2) is 19.0 Å². The molecule has 5 heterocycles. The summed E-state index contributed by atoms with van der Waals surface area (Å²) in [5.41, 5.74) is 17.0. The third kappa shape index (κ3) is 4.67. The number of hydrogen-bond donors (Lipinski definition) is 2. The lowest BCUT2D eigenvalue weighted by molar-refractivity contribution is 0.0555. The van der Waals surface area contributed by atoms with Crippen molar-refractivity contribution in [1.82, 2.24) is 29.3 Å². The van der Waals surface area contributed by atoms with Gasteiger partial charge in [0.1, 0.15) is 11.3 Å². The van der Waals surface area contributed by atoms with Gasteiger partial charge in [-0.3, -0.25) is 4.98 Å². The summed E-state index contributed by atoms with van der Waals surface area (Å²) in [5.74, 6) is 0.0222. The second-order valence-corrected chi connectivity index (χ2v) is 9.78. The van der Waals surface area contributed by atoms with E-state index in [1.54, 1.807) is 36.9 Å². The Balaban J connectivity index is 1.39. The number of anilines is 2. The molecule has 1 aliphatic rings. The summed E-state index contributed by atoms with van der Waals surface area (Å²) in [4.78, 5) is 15.4. The third-order valence-electron chi connectivity index (χ3n) is 7.20. The molecule has 9 nitrogen and oxygen atoms in total. The number of pyridine rings is 2. The largest absolute Gasteiger partial charge is 0.382 e. The molecule has 0 radical (unpaired) electrons. The predicted molar refractivity (Wildman–Crippen MR) is 141 cm³/mol. The molecule has 1 saturated heterocycles. The van der Waals surface area contributed by atoms with Crippen LogP contribution in [0, 0.1) is 5.82 Å². The van der Waals surface area contributed by atoms with E-state index < -0.39 is 12.1 Å². The molecule has 4 N–H and O–H groups in total. The van der Waals surface area contributed by atoms with Crippen LogP contribution in [0.3, 0.4) is 0 Å². The molecular weight excluding hydrogens is 507 g/mol. The van der Waals surface area contributed by atoms with Gasteiger partial charge in [0.2, 0.25) is 0 Å². The van der Waals surface area contributed by atoms with E-state index in [4.69, 9.17) is 11.5 Å². The van der Waals surface area contributed by atoms with Gasteiger partial charge in [0.25, 0.3) is 0 Å². The predicted octanol–water partition coefficient (Wildman–Crippen LogP) is 4.31. The summed E-state index contributed by atoms with van der Waals surface area (Å²) < 4.78 is 42.5. The number of halogens is 3. The van der Waals surface area contributed by atoms with E-state index in [1.165, 1.54) is 18.3 Å². The minimum atomic E-state index is -2.73. The summed E-state index contributed by atoms with van der Waals surface area (Å²) in [5, 5.41) is 4.06. The molecule has 0 aliphatic carbocycles. The van der Waals surface area contributed by atoms with Crippen molar-refractivity contribution >= 4 is 22.5 Å². The number of rotatable bonds is 6. The van der Waals surface area contributed by atoms with E-state index >= 15 is 0 Å². The smallest absolute Gasteiger partial charge is 0.333 e. The molecule has 0 spiro atoms. The van der Waals surface area contributed by atoms with Crippen molar-refractivity contribution in [3.8, 4) is 11.3 Å². The highest BCUT2D eigenvalue weighted by Crippen LogP contribution is 2.34. The van der Waals surface area contributed by atoms with Crippen LogP contribution in [0.1, 0.15) is 30.6 Å². The lowest BCUT2D eigenvalue weighted by Gasteiger charge is -2.41. The molecule has 200 valence electrons. The molecule has 1 aromatic carbocycles. The lowest BCUT2D eigenvalue weighted by Crippen LogP contribution is -2.52. The quantitative estimate of drug-likeness (QED) is 0.334. The summed E-state index contributed by atoms with van der Waals surface area (Å²) in [7, 11) is 0. The monoisotopic (exact) mass is 533 g/mol. The van der Waals surface area contributed by atoms with Gasteiger partial charge in [-0.05, 0) is 60.9 Å². The molecule has 5 aromatic rings. The number of piperidine rings is 1. The zero-order valence-electron chi connectivity index (χ0n) is 20.9. The van der Waals surface area contributed by atoms with Crippen LogP contribution in [0.4, 0.5) is 24.7 Å². The van der Waals surface area contributed by atoms with E-state index in [0.717, 1.165) is 28.8 Å². The van der Waals surface area contributed by atoms with Gasteiger partial charge in [0, 0.05) is 31.0 Å². The molecule has 0 saturated carbocycles. The molecule has 1 aliphatic heterocycles. The maximum absolute atomic E-state index is 13.6. The number of alkyl halides is 2. The molecule has 6 rings (SSSR count). The van der Waals surface area contributed by atoms with Crippen molar-refractivity contribution in [2.45, 2.75) is 31.5 Å². The highest BCUT2D eigenvalue weighted by Gasteiger charge is 2.36. The fourth-order valence-corrected chi connectivity index (χ4v) is 5.21. The topological polar surface area (TPSA) is 117 Å². The molecule has 0 amide bonds. The molecule has 1 atom stereocenters. The van der Waals surface area contributed by atoms with Crippen LogP contribution in [0.15, 0.2) is 67.4 Å². The maximum Gasteiger partial charge on any atom is 0.333 e. The van der Waals surface area contributed by atoms with Gasteiger partial charge >= 0.3 is 6.55 Å². The Morgan fingerprint density at radius 3 is 2.64 bits per heavy atom. The summed E-state index contributed by atoms with van der Waals surface area (Å²) in [6.07, 6.45) is 7.74. The fraction of sp³-hybridized carbons (Fsp3) is 0.259. The first-order valence-electron chi connectivity index (χ1n) is 12.5.